The van der Waals surface area contributed by atoms with Gasteiger partial charge in [-0.3, -0.25) is 0 Å². The Hall–Kier alpha value is -1.52. The van der Waals surface area contributed by atoms with Crippen molar-refractivity contribution in [3.05, 3.63) is 41.2 Å². The number of nitrogens with one attached hydrogen (secondary N) is 1. The smallest absolute Gasteiger partial charge is 0.207 e. The van der Waals surface area contributed by atoms with Crippen molar-refractivity contribution in [2.24, 2.45) is 0 Å². The summed E-state index contributed by atoms with van der Waals surface area (Å²) in [6.07, 6.45) is 3.69. The molecule has 0 radical (unpaired) electrons. The van der Waals surface area contributed by atoms with E-state index in [1.54, 1.807) is 13.3 Å². The second kappa shape index (κ2) is 6.08. The lowest BCUT2D eigenvalue weighted by molar-refractivity contribution is 0.163. The third-order valence-electron chi connectivity index (χ3n) is 2.92. The molecule has 0 aliphatic heterocycles. The van der Waals surface area contributed by atoms with Crippen LogP contribution in [-0.4, -0.2) is 23.3 Å². The van der Waals surface area contributed by atoms with Crippen molar-refractivity contribution in [2.75, 3.05) is 19.0 Å². The van der Waals surface area contributed by atoms with Gasteiger partial charge in [0.05, 0.1) is 23.4 Å². The minimum Gasteiger partial charge on any atom is -0.383 e. The number of aryl methyl sites for hydroxylation is 1. The molecule has 1 unspecified atom stereocenters. The van der Waals surface area contributed by atoms with E-state index in [4.69, 9.17) is 16.3 Å². The molecule has 0 saturated carbocycles. The van der Waals surface area contributed by atoms with Gasteiger partial charge in [0, 0.05) is 19.5 Å². The summed E-state index contributed by atoms with van der Waals surface area (Å²) in [5, 5.41) is 3.95. The van der Waals surface area contributed by atoms with Gasteiger partial charge in [-0.15, -0.1) is 0 Å². The maximum absolute atomic E-state index is 6.18. The highest BCUT2D eigenvalue weighted by atomic mass is 35.5. The summed E-state index contributed by atoms with van der Waals surface area (Å²) in [5.74, 6) is 0.761. The topological polar surface area (TPSA) is 39.1 Å². The van der Waals surface area contributed by atoms with Crippen LogP contribution < -0.4 is 5.32 Å². The zero-order chi connectivity index (χ0) is 13.8. The van der Waals surface area contributed by atoms with Gasteiger partial charge in [-0.1, -0.05) is 17.7 Å². The van der Waals surface area contributed by atoms with Crippen LogP contribution in [0.3, 0.4) is 0 Å². The van der Waals surface area contributed by atoms with E-state index in [0.29, 0.717) is 11.6 Å². The van der Waals surface area contributed by atoms with Crippen molar-refractivity contribution in [3.63, 3.8) is 0 Å². The third-order valence-corrected chi connectivity index (χ3v) is 3.25. The Bertz CT molecular complexity index is 553. The number of anilines is 2. The Balaban J connectivity index is 2.24. The van der Waals surface area contributed by atoms with E-state index >= 15 is 0 Å². The molecule has 0 bridgehead atoms. The van der Waals surface area contributed by atoms with E-state index < -0.39 is 0 Å². The maximum atomic E-state index is 6.18. The Kier molecular flexibility index (Phi) is 4.45. The predicted molar refractivity (Wildman–Crippen MR) is 78.3 cm³/mol. The molecule has 0 spiro atoms. The van der Waals surface area contributed by atoms with Crippen LogP contribution in [0.15, 0.2) is 30.6 Å². The van der Waals surface area contributed by atoms with E-state index in [1.807, 2.05) is 35.9 Å². The number of aromatic nitrogens is 2. The average Bonchev–Trinajstić information content (AvgIpc) is 2.82. The monoisotopic (exact) mass is 279 g/mol. The number of halogens is 1. The van der Waals surface area contributed by atoms with Crippen molar-refractivity contribution in [2.45, 2.75) is 19.9 Å². The first-order valence-corrected chi connectivity index (χ1v) is 6.54. The summed E-state index contributed by atoms with van der Waals surface area (Å²) in [6.45, 7) is 4.74. The van der Waals surface area contributed by atoms with Crippen LogP contribution in [0.4, 0.5) is 11.6 Å². The zero-order valence-corrected chi connectivity index (χ0v) is 12.1. The van der Waals surface area contributed by atoms with Gasteiger partial charge in [-0.25, -0.2) is 4.98 Å². The van der Waals surface area contributed by atoms with E-state index in [9.17, 15) is 0 Å². The van der Waals surface area contributed by atoms with E-state index in [2.05, 4.69) is 17.2 Å². The first-order valence-electron chi connectivity index (χ1n) is 6.16. The molecular weight excluding hydrogens is 262 g/mol. The molecule has 0 aliphatic carbocycles. The molecule has 2 rings (SSSR count). The molecule has 1 atom stereocenters. The standard InChI is InChI=1S/C14H18ClN3O/c1-10-4-5-12(15)13(8-10)17-14-16-6-7-18(14)11(2)9-19-3/h4-8,11H,9H2,1-3H3,(H,16,17). The van der Waals surface area contributed by atoms with E-state index in [-0.39, 0.29) is 6.04 Å². The third kappa shape index (κ3) is 3.28. The Morgan fingerprint density at radius 1 is 1.47 bits per heavy atom. The molecule has 0 fully saturated rings. The van der Waals surface area contributed by atoms with Gasteiger partial charge >= 0.3 is 0 Å². The summed E-state index contributed by atoms with van der Waals surface area (Å²) >= 11 is 6.18. The molecule has 4 nitrogen and oxygen atoms in total. The normalized spacial score (nSPS) is 12.4. The summed E-state index contributed by atoms with van der Waals surface area (Å²) in [4.78, 5) is 4.32. The number of methoxy groups -OCH3 is 1. The number of nitrogens with zero attached hydrogens (tertiary/aromatic N) is 2. The van der Waals surface area contributed by atoms with Crippen LogP contribution in [0.1, 0.15) is 18.5 Å². The van der Waals surface area contributed by atoms with Crippen molar-refractivity contribution in [1.29, 1.82) is 0 Å². The highest BCUT2D eigenvalue weighted by Gasteiger charge is 2.11. The minimum atomic E-state index is 0.207. The fourth-order valence-corrected chi connectivity index (χ4v) is 2.11. The fraction of sp³-hybridized carbons (Fsp3) is 0.357. The predicted octanol–water partition coefficient (Wildman–Crippen LogP) is 3.80. The molecule has 0 aliphatic rings. The lowest BCUT2D eigenvalue weighted by atomic mass is 10.2. The summed E-state index contributed by atoms with van der Waals surface area (Å²) < 4.78 is 7.20. The molecule has 5 heteroatoms. The van der Waals surface area contributed by atoms with Crippen LogP contribution in [0.25, 0.3) is 0 Å². The Labute approximate surface area is 118 Å². The highest BCUT2D eigenvalue weighted by molar-refractivity contribution is 6.33. The van der Waals surface area contributed by atoms with E-state index in [1.165, 1.54) is 0 Å². The van der Waals surface area contributed by atoms with Crippen molar-refractivity contribution < 1.29 is 4.74 Å². The average molecular weight is 280 g/mol. The molecule has 102 valence electrons. The van der Waals surface area contributed by atoms with Crippen LogP contribution in [0, 0.1) is 6.92 Å². The van der Waals surface area contributed by atoms with Gasteiger partial charge in [-0.2, -0.15) is 0 Å². The summed E-state index contributed by atoms with van der Waals surface area (Å²) in [7, 11) is 1.69. The second-order valence-corrected chi connectivity index (χ2v) is 4.98. The molecule has 1 N–H and O–H groups in total. The first-order chi connectivity index (χ1) is 9.11. The Morgan fingerprint density at radius 2 is 2.26 bits per heavy atom. The van der Waals surface area contributed by atoms with E-state index in [0.717, 1.165) is 17.2 Å². The molecule has 0 saturated heterocycles. The van der Waals surface area contributed by atoms with Gasteiger partial charge in [0.25, 0.3) is 0 Å². The second-order valence-electron chi connectivity index (χ2n) is 4.57. The van der Waals surface area contributed by atoms with Crippen molar-refractivity contribution >= 4 is 23.2 Å². The van der Waals surface area contributed by atoms with Gasteiger partial charge in [0.15, 0.2) is 0 Å². The number of hydrogen-bond acceptors (Lipinski definition) is 3. The molecule has 1 heterocycles. The number of rotatable bonds is 5. The lowest BCUT2D eigenvalue weighted by Crippen LogP contribution is -2.12. The molecule has 19 heavy (non-hydrogen) atoms. The molecule has 1 aromatic heterocycles. The van der Waals surface area contributed by atoms with Gasteiger partial charge in [0.2, 0.25) is 5.95 Å². The summed E-state index contributed by atoms with van der Waals surface area (Å²) in [6, 6.07) is 6.07. The lowest BCUT2D eigenvalue weighted by Gasteiger charge is -2.16. The maximum Gasteiger partial charge on any atom is 0.207 e. The molecule has 2 aromatic rings. The van der Waals surface area contributed by atoms with Gasteiger partial charge < -0.3 is 14.6 Å². The largest absolute Gasteiger partial charge is 0.383 e. The number of ether oxygens (including phenoxy) is 1. The van der Waals surface area contributed by atoms with Crippen LogP contribution in [0.5, 0.6) is 0 Å². The Morgan fingerprint density at radius 3 is 3.00 bits per heavy atom. The van der Waals surface area contributed by atoms with Crippen LogP contribution >= 0.6 is 11.6 Å². The SMILES string of the molecule is COCC(C)n1ccnc1Nc1cc(C)ccc1Cl. The quantitative estimate of drug-likeness (QED) is 0.905. The van der Waals surface area contributed by atoms with Gasteiger partial charge in [-0.05, 0) is 31.5 Å². The summed E-state index contributed by atoms with van der Waals surface area (Å²) in [5.41, 5.74) is 2.01. The number of imidazole rings is 1. The van der Waals surface area contributed by atoms with Crippen molar-refractivity contribution in [3.8, 4) is 0 Å². The van der Waals surface area contributed by atoms with Gasteiger partial charge in [0.1, 0.15) is 0 Å². The van der Waals surface area contributed by atoms with Crippen LogP contribution in [-0.2, 0) is 4.74 Å². The number of hydrogen-bond donors (Lipinski definition) is 1. The highest BCUT2D eigenvalue weighted by Crippen LogP contribution is 2.26. The van der Waals surface area contributed by atoms with Crippen molar-refractivity contribution in [1.82, 2.24) is 9.55 Å². The first kappa shape index (κ1) is 13.9. The fourth-order valence-electron chi connectivity index (χ4n) is 1.94. The van der Waals surface area contributed by atoms with Crippen LogP contribution in [0.2, 0.25) is 5.02 Å². The minimum absolute atomic E-state index is 0.207. The number of benzene rings is 1. The molecule has 0 amide bonds. The molecular formula is C14H18ClN3O. The zero-order valence-electron chi connectivity index (χ0n) is 11.4. The molecule has 1 aromatic carbocycles.